The number of benzene rings is 1. The molecule has 0 fully saturated rings. The standard InChI is InChI=1S/C19H20ClN5O3/c1-11-12(2)25-15-16(22(3)19(28)23(17(15)27)9-6-10-26)21-18(25)24(11)14-8-5-4-7-13(14)20/h4-5,7-8,26H,6,9-10H2,1-3H3. The van der Waals surface area contributed by atoms with Crippen LogP contribution in [0.15, 0.2) is 33.9 Å². The average molecular weight is 402 g/mol. The number of para-hydroxylation sites is 1. The van der Waals surface area contributed by atoms with Crippen LogP contribution in [0.5, 0.6) is 0 Å². The van der Waals surface area contributed by atoms with Gasteiger partial charge in [0.15, 0.2) is 11.2 Å². The fourth-order valence-corrected chi connectivity index (χ4v) is 3.82. The monoisotopic (exact) mass is 401 g/mol. The lowest BCUT2D eigenvalue weighted by Crippen LogP contribution is -2.39. The fraction of sp³-hybridized carbons (Fsp3) is 0.316. The Morgan fingerprint density at radius 1 is 1.14 bits per heavy atom. The topological polar surface area (TPSA) is 86.5 Å². The smallest absolute Gasteiger partial charge is 0.332 e. The molecule has 0 aliphatic rings. The van der Waals surface area contributed by atoms with E-state index in [1.165, 1.54) is 4.57 Å². The number of aliphatic hydroxyl groups is 1. The summed E-state index contributed by atoms with van der Waals surface area (Å²) in [7, 11) is 1.59. The van der Waals surface area contributed by atoms with Crippen molar-refractivity contribution in [1.82, 2.24) is 23.1 Å². The quantitative estimate of drug-likeness (QED) is 0.565. The van der Waals surface area contributed by atoms with Gasteiger partial charge in [0.1, 0.15) is 0 Å². The van der Waals surface area contributed by atoms with Gasteiger partial charge >= 0.3 is 5.69 Å². The van der Waals surface area contributed by atoms with Crippen molar-refractivity contribution in [2.45, 2.75) is 26.8 Å². The molecule has 0 atom stereocenters. The molecular formula is C19H20ClN5O3. The van der Waals surface area contributed by atoms with Crippen LogP contribution in [0.3, 0.4) is 0 Å². The van der Waals surface area contributed by atoms with Crippen molar-refractivity contribution >= 4 is 28.5 Å². The van der Waals surface area contributed by atoms with E-state index >= 15 is 0 Å². The molecule has 4 rings (SSSR count). The molecular weight excluding hydrogens is 382 g/mol. The van der Waals surface area contributed by atoms with Gasteiger partial charge in [-0.05, 0) is 32.4 Å². The minimum Gasteiger partial charge on any atom is -0.396 e. The van der Waals surface area contributed by atoms with Crippen molar-refractivity contribution in [2.24, 2.45) is 7.05 Å². The van der Waals surface area contributed by atoms with Gasteiger partial charge in [-0.1, -0.05) is 23.7 Å². The number of hydrogen-bond donors (Lipinski definition) is 1. The zero-order chi connectivity index (χ0) is 20.2. The first-order valence-electron chi connectivity index (χ1n) is 8.94. The SMILES string of the molecule is Cc1c(C)n2c3c(=O)n(CCCO)c(=O)n(C)c3nc2n1-c1ccccc1Cl. The van der Waals surface area contributed by atoms with Gasteiger partial charge in [0.05, 0.1) is 10.7 Å². The lowest BCUT2D eigenvalue weighted by atomic mass is 10.3. The number of imidazole rings is 2. The first-order valence-corrected chi connectivity index (χ1v) is 9.32. The van der Waals surface area contributed by atoms with Crippen molar-refractivity contribution < 1.29 is 5.11 Å². The number of aromatic nitrogens is 5. The molecule has 146 valence electrons. The summed E-state index contributed by atoms with van der Waals surface area (Å²) in [4.78, 5) is 30.4. The normalized spacial score (nSPS) is 11.8. The highest BCUT2D eigenvalue weighted by Crippen LogP contribution is 2.28. The second-order valence-corrected chi connectivity index (χ2v) is 7.16. The molecule has 0 unspecified atom stereocenters. The largest absolute Gasteiger partial charge is 0.396 e. The van der Waals surface area contributed by atoms with Crippen LogP contribution in [-0.2, 0) is 13.6 Å². The van der Waals surface area contributed by atoms with E-state index in [1.807, 2.05) is 36.6 Å². The van der Waals surface area contributed by atoms with Gasteiger partial charge < -0.3 is 5.11 Å². The number of aliphatic hydroxyl groups excluding tert-OH is 1. The number of rotatable bonds is 4. The number of hydrogen-bond acceptors (Lipinski definition) is 4. The van der Waals surface area contributed by atoms with Gasteiger partial charge in [0.2, 0.25) is 5.78 Å². The lowest BCUT2D eigenvalue weighted by Gasteiger charge is -2.08. The highest BCUT2D eigenvalue weighted by atomic mass is 35.5. The van der Waals surface area contributed by atoms with Gasteiger partial charge in [0.25, 0.3) is 5.56 Å². The van der Waals surface area contributed by atoms with Gasteiger partial charge in [-0.3, -0.25) is 22.9 Å². The van der Waals surface area contributed by atoms with Crippen LogP contribution in [0.2, 0.25) is 5.02 Å². The van der Waals surface area contributed by atoms with Gasteiger partial charge in [0, 0.05) is 31.6 Å². The molecule has 0 saturated heterocycles. The van der Waals surface area contributed by atoms with Crippen molar-refractivity contribution in [2.75, 3.05) is 6.61 Å². The lowest BCUT2D eigenvalue weighted by molar-refractivity contribution is 0.277. The Hall–Kier alpha value is -2.84. The Morgan fingerprint density at radius 3 is 2.54 bits per heavy atom. The van der Waals surface area contributed by atoms with E-state index in [2.05, 4.69) is 4.98 Å². The highest BCUT2D eigenvalue weighted by Gasteiger charge is 2.23. The Kier molecular flexibility index (Phi) is 4.40. The first kappa shape index (κ1) is 18.5. The van der Waals surface area contributed by atoms with Crippen LogP contribution < -0.4 is 11.2 Å². The molecule has 0 radical (unpaired) electrons. The predicted molar refractivity (Wildman–Crippen MR) is 108 cm³/mol. The molecule has 8 nitrogen and oxygen atoms in total. The molecule has 4 aromatic rings. The number of halogens is 1. The Balaban J connectivity index is 2.17. The molecule has 0 saturated carbocycles. The van der Waals surface area contributed by atoms with Gasteiger partial charge in [-0.25, -0.2) is 4.79 Å². The maximum absolute atomic E-state index is 13.1. The fourth-order valence-electron chi connectivity index (χ4n) is 3.60. The van der Waals surface area contributed by atoms with Crippen LogP contribution in [0.25, 0.3) is 22.6 Å². The van der Waals surface area contributed by atoms with E-state index in [0.717, 1.165) is 21.6 Å². The van der Waals surface area contributed by atoms with Gasteiger partial charge in [-0.15, -0.1) is 0 Å². The van der Waals surface area contributed by atoms with Crippen LogP contribution in [0, 0.1) is 13.8 Å². The van der Waals surface area contributed by atoms with Crippen molar-refractivity contribution in [1.29, 1.82) is 0 Å². The number of fused-ring (bicyclic) bond motifs is 3. The summed E-state index contributed by atoms with van der Waals surface area (Å²) >= 11 is 6.41. The third kappa shape index (κ3) is 2.45. The Labute approximate surface area is 164 Å². The van der Waals surface area contributed by atoms with Crippen molar-refractivity contribution in [3.05, 3.63) is 61.5 Å². The summed E-state index contributed by atoms with van der Waals surface area (Å²) in [6, 6.07) is 7.40. The molecule has 0 aliphatic carbocycles. The summed E-state index contributed by atoms with van der Waals surface area (Å²) in [6.45, 7) is 3.88. The van der Waals surface area contributed by atoms with Gasteiger partial charge in [-0.2, -0.15) is 4.98 Å². The molecule has 28 heavy (non-hydrogen) atoms. The summed E-state index contributed by atoms with van der Waals surface area (Å²) in [6.07, 6.45) is 0.321. The summed E-state index contributed by atoms with van der Waals surface area (Å²) in [5.74, 6) is 0.519. The molecule has 0 bridgehead atoms. The summed E-state index contributed by atoms with van der Waals surface area (Å²) < 4.78 is 6.17. The molecule has 0 spiro atoms. The predicted octanol–water partition coefficient (Wildman–Crippen LogP) is 1.79. The van der Waals surface area contributed by atoms with Crippen LogP contribution in [0.4, 0.5) is 0 Å². The molecule has 3 heterocycles. The number of aryl methyl sites for hydroxylation is 2. The minimum atomic E-state index is -0.453. The summed E-state index contributed by atoms with van der Waals surface area (Å²) in [5, 5.41) is 9.66. The highest BCUT2D eigenvalue weighted by molar-refractivity contribution is 6.32. The van der Waals surface area contributed by atoms with E-state index in [4.69, 9.17) is 16.7 Å². The zero-order valence-electron chi connectivity index (χ0n) is 15.8. The second-order valence-electron chi connectivity index (χ2n) is 6.75. The molecule has 0 amide bonds. The molecule has 9 heteroatoms. The first-order chi connectivity index (χ1) is 13.4. The molecule has 1 aromatic carbocycles. The third-order valence-electron chi connectivity index (χ3n) is 5.15. The zero-order valence-corrected chi connectivity index (χ0v) is 16.6. The van der Waals surface area contributed by atoms with E-state index in [0.29, 0.717) is 28.4 Å². The minimum absolute atomic E-state index is 0.101. The third-order valence-corrected chi connectivity index (χ3v) is 5.47. The van der Waals surface area contributed by atoms with Crippen LogP contribution in [0.1, 0.15) is 17.8 Å². The number of nitrogens with zero attached hydrogens (tertiary/aromatic N) is 5. The van der Waals surface area contributed by atoms with Crippen molar-refractivity contribution in [3.8, 4) is 5.69 Å². The van der Waals surface area contributed by atoms with E-state index in [9.17, 15) is 9.59 Å². The van der Waals surface area contributed by atoms with Crippen molar-refractivity contribution in [3.63, 3.8) is 0 Å². The molecule has 0 aliphatic heterocycles. The Bertz CT molecular complexity index is 1340. The van der Waals surface area contributed by atoms with Crippen LogP contribution in [-0.4, -0.2) is 34.8 Å². The van der Waals surface area contributed by atoms with E-state index in [-0.39, 0.29) is 13.2 Å². The molecule has 3 aromatic heterocycles. The van der Waals surface area contributed by atoms with E-state index in [1.54, 1.807) is 17.5 Å². The average Bonchev–Trinajstić information content (AvgIpc) is 3.17. The second kappa shape index (κ2) is 6.65. The van der Waals surface area contributed by atoms with E-state index < -0.39 is 11.2 Å². The maximum atomic E-state index is 13.1. The van der Waals surface area contributed by atoms with Crippen LogP contribution >= 0.6 is 11.6 Å². The Morgan fingerprint density at radius 2 is 1.86 bits per heavy atom. The molecule has 1 N–H and O–H groups in total. The summed E-state index contributed by atoms with van der Waals surface area (Å²) in [5.41, 5.74) is 2.26. The maximum Gasteiger partial charge on any atom is 0.332 e.